The van der Waals surface area contributed by atoms with Crippen LogP contribution in [0.2, 0.25) is 0 Å². The molecule has 0 aromatic carbocycles. The summed E-state index contributed by atoms with van der Waals surface area (Å²) in [7, 11) is 3.38. The number of methoxy groups -OCH3 is 1. The van der Waals surface area contributed by atoms with Gasteiger partial charge in [0, 0.05) is 20.7 Å². The van der Waals surface area contributed by atoms with Crippen LogP contribution in [0.1, 0.15) is 5.82 Å². The maximum Gasteiger partial charge on any atom is 0.163 e. The second-order valence-corrected chi connectivity index (χ2v) is 4.11. The van der Waals surface area contributed by atoms with Crippen LogP contribution in [0.4, 0.5) is 5.82 Å². The monoisotopic (exact) mass is 251 g/mol. The Morgan fingerprint density at radius 3 is 3.00 bits per heavy atom. The molecule has 0 spiro atoms. The van der Waals surface area contributed by atoms with Gasteiger partial charge in [0.15, 0.2) is 5.65 Å². The van der Waals surface area contributed by atoms with Gasteiger partial charge >= 0.3 is 0 Å². The van der Waals surface area contributed by atoms with Crippen molar-refractivity contribution < 1.29 is 9.84 Å². The highest BCUT2D eigenvalue weighted by molar-refractivity contribution is 5.86. The Kier molecular flexibility index (Phi) is 3.73. The van der Waals surface area contributed by atoms with E-state index in [1.54, 1.807) is 18.0 Å². The number of nitrogens with zero attached hydrogens (tertiary/aromatic N) is 4. The van der Waals surface area contributed by atoms with E-state index in [1.807, 2.05) is 14.0 Å². The number of aliphatic hydroxyl groups is 1. The standard InChI is InChI=1S/C11H17N5O2/c1-7-14-10(12-4-8(17)6-18-3)9-5-13-16(2)11(9)15-7/h5,8,17H,4,6H2,1-3H3,(H,12,14,15)/t8-/m0/s1. The molecule has 18 heavy (non-hydrogen) atoms. The normalized spacial score (nSPS) is 12.9. The van der Waals surface area contributed by atoms with E-state index in [9.17, 15) is 5.11 Å². The van der Waals surface area contributed by atoms with Crippen molar-refractivity contribution in [2.24, 2.45) is 7.05 Å². The van der Waals surface area contributed by atoms with E-state index < -0.39 is 6.10 Å². The third-order valence-corrected chi connectivity index (χ3v) is 2.57. The lowest BCUT2D eigenvalue weighted by Gasteiger charge is -2.12. The summed E-state index contributed by atoms with van der Waals surface area (Å²) < 4.78 is 6.56. The highest BCUT2D eigenvalue weighted by Crippen LogP contribution is 2.19. The first-order valence-corrected chi connectivity index (χ1v) is 5.69. The smallest absolute Gasteiger partial charge is 0.163 e. The van der Waals surface area contributed by atoms with Crippen LogP contribution in [0.5, 0.6) is 0 Å². The second kappa shape index (κ2) is 5.28. The fourth-order valence-corrected chi connectivity index (χ4v) is 1.73. The summed E-state index contributed by atoms with van der Waals surface area (Å²) in [6, 6.07) is 0. The highest BCUT2D eigenvalue weighted by atomic mass is 16.5. The Balaban J connectivity index is 2.22. The lowest BCUT2D eigenvalue weighted by molar-refractivity contribution is 0.0727. The average Bonchev–Trinajstić information content (AvgIpc) is 2.69. The minimum absolute atomic E-state index is 0.285. The van der Waals surface area contributed by atoms with Gasteiger partial charge in [-0.05, 0) is 6.92 Å². The van der Waals surface area contributed by atoms with Crippen molar-refractivity contribution in [1.29, 1.82) is 0 Å². The first-order valence-electron chi connectivity index (χ1n) is 5.69. The molecule has 0 fully saturated rings. The van der Waals surface area contributed by atoms with Crippen LogP contribution in [-0.2, 0) is 11.8 Å². The number of anilines is 1. The van der Waals surface area contributed by atoms with Crippen LogP contribution in [-0.4, -0.2) is 51.2 Å². The van der Waals surface area contributed by atoms with Crippen molar-refractivity contribution >= 4 is 16.9 Å². The van der Waals surface area contributed by atoms with E-state index >= 15 is 0 Å². The zero-order valence-corrected chi connectivity index (χ0v) is 10.7. The maximum atomic E-state index is 9.61. The summed E-state index contributed by atoms with van der Waals surface area (Å²) in [5.74, 6) is 1.34. The molecule has 0 bridgehead atoms. The fraction of sp³-hybridized carbons (Fsp3) is 0.545. The Morgan fingerprint density at radius 1 is 1.50 bits per heavy atom. The quantitative estimate of drug-likeness (QED) is 0.783. The topological polar surface area (TPSA) is 85.1 Å². The molecule has 0 aliphatic carbocycles. The Labute approximate surface area is 105 Å². The maximum absolute atomic E-state index is 9.61. The summed E-state index contributed by atoms with van der Waals surface area (Å²) in [4.78, 5) is 8.64. The first-order chi connectivity index (χ1) is 8.61. The first kappa shape index (κ1) is 12.7. The van der Waals surface area contributed by atoms with Crippen molar-refractivity contribution in [3.05, 3.63) is 12.0 Å². The number of hydrogen-bond acceptors (Lipinski definition) is 6. The van der Waals surface area contributed by atoms with Crippen molar-refractivity contribution in [2.75, 3.05) is 25.6 Å². The number of rotatable bonds is 5. The van der Waals surface area contributed by atoms with Crippen LogP contribution in [0.15, 0.2) is 6.20 Å². The zero-order valence-electron chi connectivity index (χ0n) is 10.7. The van der Waals surface area contributed by atoms with Crippen molar-refractivity contribution in [1.82, 2.24) is 19.7 Å². The third-order valence-electron chi connectivity index (χ3n) is 2.57. The second-order valence-electron chi connectivity index (χ2n) is 4.11. The molecule has 2 aromatic heterocycles. The van der Waals surface area contributed by atoms with Crippen LogP contribution < -0.4 is 5.32 Å². The number of hydrogen-bond donors (Lipinski definition) is 2. The van der Waals surface area contributed by atoms with Gasteiger partial charge in [-0.15, -0.1) is 0 Å². The summed E-state index contributed by atoms with van der Waals surface area (Å²) >= 11 is 0. The lowest BCUT2D eigenvalue weighted by atomic mass is 10.3. The Hall–Kier alpha value is -1.73. The SMILES string of the molecule is COC[C@@H](O)CNc1nc(C)nc2c1cnn2C. The van der Waals surface area contributed by atoms with Gasteiger partial charge in [0.05, 0.1) is 24.3 Å². The zero-order chi connectivity index (χ0) is 13.1. The Bertz CT molecular complexity index is 539. The molecule has 0 unspecified atom stereocenters. The van der Waals surface area contributed by atoms with Crippen molar-refractivity contribution in [2.45, 2.75) is 13.0 Å². The van der Waals surface area contributed by atoms with E-state index in [2.05, 4.69) is 20.4 Å². The Morgan fingerprint density at radius 2 is 2.28 bits per heavy atom. The minimum atomic E-state index is -0.572. The van der Waals surface area contributed by atoms with Crippen molar-refractivity contribution in [3.8, 4) is 0 Å². The number of fused-ring (bicyclic) bond motifs is 1. The van der Waals surface area contributed by atoms with Gasteiger partial charge in [0.25, 0.3) is 0 Å². The number of aromatic nitrogens is 4. The fourth-order valence-electron chi connectivity index (χ4n) is 1.73. The molecule has 0 aliphatic rings. The predicted octanol–water partition coefficient (Wildman–Crippen LogP) is 0.0909. The summed E-state index contributed by atoms with van der Waals surface area (Å²) in [5, 5.41) is 17.7. The molecule has 7 heteroatoms. The van der Waals surface area contributed by atoms with Gasteiger partial charge in [0.2, 0.25) is 0 Å². The highest BCUT2D eigenvalue weighted by Gasteiger charge is 2.11. The molecular formula is C11H17N5O2. The molecule has 0 radical (unpaired) electrons. The number of ether oxygens (including phenoxy) is 1. The third kappa shape index (κ3) is 2.57. The van der Waals surface area contributed by atoms with Gasteiger partial charge < -0.3 is 15.2 Å². The number of aryl methyl sites for hydroxylation is 2. The molecule has 2 N–H and O–H groups in total. The molecule has 1 atom stereocenters. The van der Waals surface area contributed by atoms with Crippen LogP contribution in [0.25, 0.3) is 11.0 Å². The van der Waals surface area contributed by atoms with Gasteiger partial charge in [-0.25, -0.2) is 9.97 Å². The molecule has 2 aromatic rings. The molecular weight excluding hydrogens is 234 g/mol. The number of aliphatic hydroxyl groups excluding tert-OH is 1. The van der Waals surface area contributed by atoms with Crippen LogP contribution >= 0.6 is 0 Å². The molecule has 0 saturated heterocycles. The molecule has 0 amide bonds. The molecule has 0 aliphatic heterocycles. The summed E-state index contributed by atoms with van der Waals surface area (Å²) in [6.45, 7) is 2.48. The molecule has 0 saturated carbocycles. The van der Waals surface area contributed by atoms with E-state index in [-0.39, 0.29) is 6.61 Å². The van der Waals surface area contributed by atoms with Crippen LogP contribution in [0.3, 0.4) is 0 Å². The number of nitrogens with one attached hydrogen (secondary N) is 1. The van der Waals surface area contributed by atoms with Gasteiger partial charge in [-0.1, -0.05) is 0 Å². The van der Waals surface area contributed by atoms with E-state index in [0.717, 1.165) is 11.0 Å². The van der Waals surface area contributed by atoms with E-state index in [4.69, 9.17) is 4.74 Å². The largest absolute Gasteiger partial charge is 0.389 e. The lowest BCUT2D eigenvalue weighted by Crippen LogP contribution is -2.24. The molecule has 98 valence electrons. The van der Waals surface area contributed by atoms with E-state index in [1.165, 1.54) is 0 Å². The van der Waals surface area contributed by atoms with Gasteiger partial charge in [-0.2, -0.15) is 5.10 Å². The molecule has 7 nitrogen and oxygen atoms in total. The predicted molar refractivity (Wildman–Crippen MR) is 67.4 cm³/mol. The van der Waals surface area contributed by atoms with Gasteiger partial charge in [-0.3, -0.25) is 4.68 Å². The summed E-state index contributed by atoms with van der Waals surface area (Å²) in [5.41, 5.74) is 0.770. The average molecular weight is 251 g/mol. The minimum Gasteiger partial charge on any atom is -0.389 e. The van der Waals surface area contributed by atoms with E-state index in [0.29, 0.717) is 18.2 Å². The summed E-state index contributed by atoms with van der Waals surface area (Å²) in [6.07, 6.45) is 1.14. The van der Waals surface area contributed by atoms with Crippen molar-refractivity contribution in [3.63, 3.8) is 0 Å². The van der Waals surface area contributed by atoms with Crippen LogP contribution in [0, 0.1) is 6.92 Å². The molecule has 2 heterocycles. The van der Waals surface area contributed by atoms with Gasteiger partial charge in [0.1, 0.15) is 11.6 Å². The molecule has 2 rings (SSSR count).